The molecule has 3 fully saturated rings. The second kappa shape index (κ2) is 15.6. The SMILES string of the molecule is COc1cc(N2CCN(CCCOc3ccc(C4CCN(c5ccc(C#N)c(C(F)(F)F)c5)CC4)cc3)CC2)cc2c1C(=O)N(C1CCC(=O)NC1=O)C2. The first kappa shape index (κ1) is 37.0. The van der Waals surface area contributed by atoms with Gasteiger partial charge < -0.3 is 24.2 Å². The number of ether oxygens (including phenoxy) is 2. The molecule has 0 aliphatic carbocycles. The summed E-state index contributed by atoms with van der Waals surface area (Å²) in [7, 11) is 1.54. The van der Waals surface area contributed by atoms with E-state index in [2.05, 4.69) is 27.2 Å². The molecule has 0 radical (unpaired) electrons. The maximum absolute atomic E-state index is 13.5. The molecule has 54 heavy (non-hydrogen) atoms. The average Bonchev–Trinajstić information content (AvgIpc) is 3.51. The van der Waals surface area contributed by atoms with Gasteiger partial charge in [-0.25, -0.2) is 0 Å². The molecule has 4 aliphatic heterocycles. The van der Waals surface area contributed by atoms with Gasteiger partial charge in [0.05, 0.1) is 36.5 Å². The van der Waals surface area contributed by atoms with E-state index in [1.165, 1.54) is 11.6 Å². The van der Waals surface area contributed by atoms with Crippen molar-refractivity contribution in [3.63, 3.8) is 0 Å². The molecule has 3 saturated heterocycles. The number of carbonyl (C=O) groups excluding carboxylic acids is 3. The Morgan fingerprint density at radius 3 is 2.28 bits per heavy atom. The first-order chi connectivity index (χ1) is 26.0. The number of hydrogen-bond acceptors (Lipinski definition) is 9. The highest BCUT2D eigenvalue weighted by Gasteiger charge is 2.41. The molecule has 0 bridgehead atoms. The Bertz CT molecular complexity index is 1930. The Hall–Kier alpha value is -5.29. The van der Waals surface area contributed by atoms with Crippen molar-refractivity contribution in [2.75, 3.05) is 69.3 Å². The number of benzene rings is 3. The molecule has 0 spiro atoms. The normalized spacial score (nSPS) is 19.8. The molecule has 3 aromatic carbocycles. The van der Waals surface area contributed by atoms with Crippen molar-refractivity contribution >= 4 is 29.1 Å². The average molecular weight is 745 g/mol. The molecule has 0 saturated carbocycles. The summed E-state index contributed by atoms with van der Waals surface area (Å²) in [6.45, 7) is 6.44. The van der Waals surface area contributed by atoms with Gasteiger partial charge >= 0.3 is 6.18 Å². The summed E-state index contributed by atoms with van der Waals surface area (Å²) in [5.41, 5.74) is 2.71. The van der Waals surface area contributed by atoms with Gasteiger partial charge in [-0.1, -0.05) is 12.1 Å². The summed E-state index contributed by atoms with van der Waals surface area (Å²) in [6.07, 6.45) is -1.55. The highest BCUT2D eigenvalue weighted by molar-refractivity contribution is 6.06. The Balaban J connectivity index is 0.843. The van der Waals surface area contributed by atoms with Gasteiger partial charge in [-0.15, -0.1) is 0 Å². The van der Waals surface area contributed by atoms with Crippen molar-refractivity contribution < 1.29 is 37.0 Å². The van der Waals surface area contributed by atoms with Crippen LogP contribution in [-0.4, -0.2) is 93.1 Å². The molecule has 1 unspecified atom stereocenters. The number of halogens is 3. The van der Waals surface area contributed by atoms with Crippen LogP contribution in [0.1, 0.15) is 70.6 Å². The molecule has 3 aromatic rings. The summed E-state index contributed by atoms with van der Waals surface area (Å²) < 4.78 is 52.1. The number of nitrogens with one attached hydrogen (secondary N) is 1. The zero-order valence-corrected chi connectivity index (χ0v) is 30.2. The standard InChI is InChI=1S/C40H43F3N6O5/c1-53-35-23-31(21-29-25-49(39(52)37(29)35)34-9-10-36(50)45-38(34)51)48-18-16-46(17-19-48)13-2-20-54-32-7-4-26(5-8-32)27-11-14-47(15-12-27)30-6-3-28(24-44)33(22-30)40(41,42)43/h3-8,21-23,27,34H,2,9-20,25H2,1H3,(H,45,50,51). The Kier molecular flexibility index (Phi) is 10.7. The summed E-state index contributed by atoms with van der Waals surface area (Å²) in [5, 5.41) is 11.4. The smallest absolute Gasteiger partial charge is 0.417 e. The van der Waals surface area contributed by atoms with Gasteiger partial charge in [0.15, 0.2) is 0 Å². The molecule has 284 valence electrons. The van der Waals surface area contributed by atoms with E-state index in [-0.39, 0.29) is 23.8 Å². The van der Waals surface area contributed by atoms with E-state index < -0.39 is 23.7 Å². The largest absolute Gasteiger partial charge is 0.496 e. The third kappa shape index (κ3) is 7.82. The van der Waals surface area contributed by atoms with E-state index in [1.54, 1.807) is 24.1 Å². The molecule has 11 nitrogen and oxygen atoms in total. The van der Waals surface area contributed by atoms with Crippen LogP contribution in [0.15, 0.2) is 54.6 Å². The minimum atomic E-state index is -4.57. The lowest BCUT2D eigenvalue weighted by atomic mass is 9.89. The maximum atomic E-state index is 13.5. The first-order valence-corrected chi connectivity index (χ1v) is 18.4. The number of piperazine rings is 1. The lowest BCUT2D eigenvalue weighted by molar-refractivity contribution is -0.138. The topological polar surface area (TPSA) is 118 Å². The maximum Gasteiger partial charge on any atom is 0.417 e. The Labute approximate surface area is 312 Å². The fourth-order valence-electron chi connectivity index (χ4n) is 8.07. The van der Waals surface area contributed by atoms with Crippen molar-refractivity contribution in [1.82, 2.24) is 15.1 Å². The van der Waals surface area contributed by atoms with Crippen LogP contribution in [0.5, 0.6) is 11.5 Å². The van der Waals surface area contributed by atoms with Crippen molar-refractivity contribution in [2.24, 2.45) is 0 Å². The van der Waals surface area contributed by atoms with Crippen LogP contribution in [0.3, 0.4) is 0 Å². The number of amides is 3. The van der Waals surface area contributed by atoms with Gasteiger partial charge in [-0.05, 0) is 79.1 Å². The predicted octanol–water partition coefficient (Wildman–Crippen LogP) is 5.32. The number of nitrogens with zero attached hydrogens (tertiary/aromatic N) is 5. The van der Waals surface area contributed by atoms with Crippen LogP contribution in [-0.2, 0) is 22.3 Å². The zero-order chi connectivity index (χ0) is 38.0. The number of fused-ring (bicyclic) bond motifs is 1. The van der Waals surface area contributed by atoms with E-state index in [4.69, 9.17) is 14.7 Å². The molecular weight excluding hydrogens is 701 g/mol. The van der Waals surface area contributed by atoms with Crippen LogP contribution in [0.25, 0.3) is 0 Å². The number of rotatable bonds is 10. The Morgan fingerprint density at radius 1 is 0.889 bits per heavy atom. The molecule has 4 aliphatic rings. The monoisotopic (exact) mass is 744 g/mol. The second-order valence-corrected chi connectivity index (χ2v) is 14.3. The molecule has 7 rings (SSSR count). The first-order valence-electron chi connectivity index (χ1n) is 18.4. The fourth-order valence-corrected chi connectivity index (χ4v) is 8.07. The number of piperidine rings is 2. The molecule has 1 N–H and O–H groups in total. The van der Waals surface area contributed by atoms with Gasteiger partial charge in [-0.2, -0.15) is 18.4 Å². The van der Waals surface area contributed by atoms with E-state index in [1.807, 2.05) is 29.2 Å². The van der Waals surface area contributed by atoms with Crippen LogP contribution in [0, 0.1) is 11.3 Å². The summed E-state index contributed by atoms with van der Waals surface area (Å²) >= 11 is 0. The van der Waals surface area contributed by atoms with Gasteiger partial charge in [0.1, 0.15) is 17.5 Å². The van der Waals surface area contributed by atoms with Gasteiger partial charge in [0.2, 0.25) is 11.8 Å². The summed E-state index contributed by atoms with van der Waals surface area (Å²) in [6, 6.07) is 17.0. The lowest BCUT2D eigenvalue weighted by Gasteiger charge is -2.36. The summed E-state index contributed by atoms with van der Waals surface area (Å²) in [4.78, 5) is 45.7. The molecular formula is C40H43F3N6O5. The van der Waals surface area contributed by atoms with E-state index >= 15 is 0 Å². The number of methoxy groups -OCH3 is 1. The Morgan fingerprint density at radius 2 is 1.61 bits per heavy atom. The number of nitriles is 1. The zero-order valence-electron chi connectivity index (χ0n) is 30.2. The van der Waals surface area contributed by atoms with Gasteiger partial charge in [0.25, 0.3) is 5.91 Å². The van der Waals surface area contributed by atoms with Gasteiger partial charge in [0, 0.05) is 76.2 Å². The van der Waals surface area contributed by atoms with Crippen molar-refractivity contribution in [3.8, 4) is 17.6 Å². The number of anilines is 2. The molecule has 0 aromatic heterocycles. The van der Waals surface area contributed by atoms with Crippen LogP contribution < -0.4 is 24.6 Å². The number of imide groups is 1. The predicted molar refractivity (Wildman–Crippen MR) is 195 cm³/mol. The van der Waals surface area contributed by atoms with Crippen molar-refractivity contribution in [3.05, 3.63) is 82.4 Å². The lowest BCUT2D eigenvalue weighted by Crippen LogP contribution is -2.52. The second-order valence-electron chi connectivity index (χ2n) is 14.3. The highest BCUT2D eigenvalue weighted by atomic mass is 19.4. The summed E-state index contributed by atoms with van der Waals surface area (Å²) in [5.74, 6) is 0.604. The van der Waals surface area contributed by atoms with Crippen LogP contribution in [0.2, 0.25) is 0 Å². The number of hydrogen-bond donors (Lipinski definition) is 1. The minimum absolute atomic E-state index is 0.206. The molecule has 1 atom stereocenters. The third-order valence-electron chi connectivity index (χ3n) is 11.1. The molecule has 3 amide bonds. The van der Waals surface area contributed by atoms with Crippen molar-refractivity contribution in [1.29, 1.82) is 5.26 Å². The van der Waals surface area contributed by atoms with E-state index in [0.717, 1.165) is 75.1 Å². The van der Waals surface area contributed by atoms with Crippen molar-refractivity contribution in [2.45, 2.75) is 56.8 Å². The van der Waals surface area contributed by atoms with Crippen LogP contribution >= 0.6 is 0 Å². The van der Waals surface area contributed by atoms with E-state index in [0.29, 0.717) is 55.6 Å². The minimum Gasteiger partial charge on any atom is -0.496 e. The highest BCUT2D eigenvalue weighted by Crippen LogP contribution is 2.39. The number of alkyl halides is 3. The van der Waals surface area contributed by atoms with E-state index in [9.17, 15) is 27.6 Å². The molecule has 14 heteroatoms. The number of carbonyl (C=O) groups is 3. The fraction of sp³-hybridized carbons (Fsp3) is 0.450. The third-order valence-corrected chi connectivity index (χ3v) is 11.1. The molecule has 4 heterocycles. The van der Waals surface area contributed by atoms with Crippen LogP contribution in [0.4, 0.5) is 24.5 Å². The quantitative estimate of drug-likeness (QED) is 0.218. The van der Waals surface area contributed by atoms with Gasteiger partial charge in [-0.3, -0.25) is 24.6 Å².